The van der Waals surface area contributed by atoms with Gasteiger partial charge in [-0.15, -0.1) is 0 Å². The van der Waals surface area contributed by atoms with E-state index in [0.717, 1.165) is 25.7 Å². The minimum absolute atomic E-state index is 0.414. The number of hydrogen-bond donors (Lipinski definition) is 2. The lowest BCUT2D eigenvalue weighted by Gasteiger charge is -2.22. The van der Waals surface area contributed by atoms with Gasteiger partial charge in [0.2, 0.25) is 0 Å². The van der Waals surface area contributed by atoms with Crippen LogP contribution in [0.4, 0.5) is 0 Å². The van der Waals surface area contributed by atoms with Crippen LogP contribution in [0.1, 0.15) is 58.4 Å². The van der Waals surface area contributed by atoms with E-state index in [-0.39, 0.29) is 0 Å². The molecule has 0 bridgehead atoms. The standard InChI is InChI=1S/C13H20O2.C6H6.C2H6/c1-2-3-4-8-11-13(14,15)12-9-6-5-7-10-12;1-2-4-6-5-3-1;1-2/h5-7,9-10,14-15H,2-4,8,11H2,1H3;1-6H;1-2H3. The molecule has 0 atom stereocenters. The summed E-state index contributed by atoms with van der Waals surface area (Å²) in [5, 5.41) is 19.7. The second kappa shape index (κ2) is 14.0. The lowest BCUT2D eigenvalue weighted by Crippen LogP contribution is -2.24. The van der Waals surface area contributed by atoms with Crippen molar-refractivity contribution < 1.29 is 10.2 Å². The normalized spacial score (nSPS) is 9.96. The predicted molar refractivity (Wildman–Crippen MR) is 99.1 cm³/mol. The summed E-state index contributed by atoms with van der Waals surface area (Å²) in [5.41, 5.74) is 0.585. The third-order valence-corrected chi connectivity index (χ3v) is 3.28. The number of aliphatic hydroxyl groups is 2. The van der Waals surface area contributed by atoms with Gasteiger partial charge in [-0.05, 0) is 6.42 Å². The fourth-order valence-corrected chi connectivity index (χ4v) is 2.03. The van der Waals surface area contributed by atoms with E-state index in [1.807, 2.05) is 68.4 Å². The van der Waals surface area contributed by atoms with Crippen molar-refractivity contribution in [2.45, 2.75) is 58.7 Å². The van der Waals surface area contributed by atoms with Gasteiger partial charge in [0.15, 0.2) is 5.79 Å². The van der Waals surface area contributed by atoms with Crippen molar-refractivity contribution in [2.24, 2.45) is 0 Å². The molecular formula is C21H32O2. The lowest BCUT2D eigenvalue weighted by molar-refractivity contribution is -0.175. The molecule has 0 aliphatic rings. The Balaban J connectivity index is 0.000000501. The monoisotopic (exact) mass is 316 g/mol. The summed E-state index contributed by atoms with van der Waals surface area (Å²) in [6, 6.07) is 21.0. The Kier molecular flexibility index (Phi) is 13.0. The van der Waals surface area contributed by atoms with Gasteiger partial charge in [0.1, 0.15) is 0 Å². The molecule has 0 aromatic heterocycles. The summed E-state index contributed by atoms with van der Waals surface area (Å²) >= 11 is 0. The first-order valence-corrected chi connectivity index (χ1v) is 8.67. The Labute approximate surface area is 141 Å². The highest BCUT2D eigenvalue weighted by atomic mass is 16.5. The summed E-state index contributed by atoms with van der Waals surface area (Å²) in [6.07, 6.45) is 4.65. The highest BCUT2D eigenvalue weighted by molar-refractivity contribution is 5.19. The highest BCUT2D eigenvalue weighted by Crippen LogP contribution is 2.24. The Morgan fingerprint density at radius 1 is 0.696 bits per heavy atom. The SMILES string of the molecule is CC.CCCCCCC(O)(O)c1ccccc1.c1ccccc1. The van der Waals surface area contributed by atoms with Crippen molar-refractivity contribution >= 4 is 0 Å². The molecule has 0 aliphatic heterocycles. The zero-order valence-electron chi connectivity index (χ0n) is 14.8. The van der Waals surface area contributed by atoms with E-state index in [2.05, 4.69) is 6.92 Å². The van der Waals surface area contributed by atoms with Crippen molar-refractivity contribution in [3.05, 3.63) is 72.3 Å². The summed E-state index contributed by atoms with van der Waals surface area (Å²) in [6.45, 7) is 6.14. The minimum Gasteiger partial charge on any atom is -0.362 e. The molecule has 128 valence electrons. The maximum absolute atomic E-state index is 9.84. The van der Waals surface area contributed by atoms with Crippen LogP contribution in [0.3, 0.4) is 0 Å². The summed E-state index contributed by atoms with van der Waals surface area (Å²) in [4.78, 5) is 0. The van der Waals surface area contributed by atoms with Crippen LogP contribution < -0.4 is 0 Å². The minimum atomic E-state index is -1.66. The third-order valence-electron chi connectivity index (χ3n) is 3.28. The molecule has 0 unspecified atom stereocenters. The quantitative estimate of drug-likeness (QED) is 0.545. The molecule has 2 N–H and O–H groups in total. The first kappa shape index (κ1) is 21.4. The van der Waals surface area contributed by atoms with Gasteiger partial charge < -0.3 is 10.2 Å². The Morgan fingerprint density at radius 2 is 1.13 bits per heavy atom. The van der Waals surface area contributed by atoms with E-state index in [4.69, 9.17) is 0 Å². The van der Waals surface area contributed by atoms with Crippen LogP contribution in [-0.2, 0) is 5.79 Å². The molecule has 0 heterocycles. The molecule has 0 radical (unpaired) electrons. The van der Waals surface area contributed by atoms with Gasteiger partial charge in [-0.25, -0.2) is 0 Å². The molecule has 23 heavy (non-hydrogen) atoms. The van der Waals surface area contributed by atoms with Gasteiger partial charge in [0.25, 0.3) is 0 Å². The Hall–Kier alpha value is -1.64. The molecule has 0 saturated carbocycles. The first-order valence-electron chi connectivity index (χ1n) is 8.67. The molecule has 2 aromatic carbocycles. The summed E-state index contributed by atoms with van der Waals surface area (Å²) < 4.78 is 0. The molecule has 2 rings (SSSR count). The molecule has 2 nitrogen and oxygen atoms in total. The zero-order chi connectivity index (χ0) is 17.4. The highest BCUT2D eigenvalue weighted by Gasteiger charge is 2.24. The van der Waals surface area contributed by atoms with E-state index < -0.39 is 5.79 Å². The fourth-order valence-electron chi connectivity index (χ4n) is 2.03. The van der Waals surface area contributed by atoms with Gasteiger partial charge in [0, 0.05) is 12.0 Å². The van der Waals surface area contributed by atoms with Crippen LogP contribution in [0.15, 0.2) is 66.7 Å². The summed E-state index contributed by atoms with van der Waals surface area (Å²) in [7, 11) is 0. The molecule has 0 saturated heterocycles. The molecule has 2 aromatic rings. The van der Waals surface area contributed by atoms with Crippen LogP contribution in [0, 0.1) is 0 Å². The zero-order valence-corrected chi connectivity index (χ0v) is 14.8. The van der Waals surface area contributed by atoms with E-state index in [1.165, 1.54) is 0 Å². The molecule has 2 heteroatoms. The van der Waals surface area contributed by atoms with Crippen LogP contribution in [0.2, 0.25) is 0 Å². The van der Waals surface area contributed by atoms with Gasteiger partial charge in [0.05, 0.1) is 0 Å². The second-order valence-corrected chi connectivity index (χ2v) is 5.15. The molecule has 0 spiro atoms. The van der Waals surface area contributed by atoms with Crippen molar-refractivity contribution in [3.8, 4) is 0 Å². The fraction of sp³-hybridized carbons (Fsp3) is 0.429. The van der Waals surface area contributed by atoms with Crippen molar-refractivity contribution in [3.63, 3.8) is 0 Å². The number of unbranched alkanes of at least 4 members (excludes halogenated alkanes) is 3. The van der Waals surface area contributed by atoms with Gasteiger partial charge in [-0.3, -0.25) is 0 Å². The van der Waals surface area contributed by atoms with Crippen molar-refractivity contribution in [1.82, 2.24) is 0 Å². The largest absolute Gasteiger partial charge is 0.362 e. The van der Waals surface area contributed by atoms with Gasteiger partial charge in [-0.2, -0.15) is 0 Å². The van der Waals surface area contributed by atoms with Crippen LogP contribution in [-0.4, -0.2) is 10.2 Å². The molecule has 0 fully saturated rings. The number of hydrogen-bond acceptors (Lipinski definition) is 2. The van der Waals surface area contributed by atoms with E-state index in [0.29, 0.717) is 12.0 Å². The predicted octanol–water partition coefficient (Wildman–Crippen LogP) is 5.51. The topological polar surface area (TPSA) is 40.5 Å². The van der Waals surface area contributed by atoms with Crippen LogP contribution >= 0.6 is 0 Å². The molecular weight excluding hydrogens is 284 g/mol. The Morgan fingerprint density at radius 3 is 1.57 bits per heavy atom. The average Bonchev–Trinajstić information content (AvgIpc) is 2.63. The Bertz CT molecular complexity index is 425. The van der Waals surface area contributed by atoms with E-state index >= 15 is 0 Å². The number of rotatable bonds is 6. The molecule has 0 amide bonds. The lowest BCUT2D eigenvalue weighted by atomic mass is 9.99. The number of benzene rings is 2. The maximum Gasteiger partial charge on any atom is 0.189 e. The van der Waals surface area contributed by atoms with Crippen molar-refractivity contribution in [1.29, 1.82) is 0 Å². The smallest absolute Gasteiger partial charge is 0.189 e. The van der Waals surface area contributed by atoms with Gasteiger partial charge >= 0.3 is 0 Å². The second-order valence-electron chi connectivity index (χ2n) is 5.15. The van der Waals surface area contributed by atoms with E-state index in [9.17, 15) is 10.2 Å². The van der Waals surface area contributed by atoms with Crippen LogP contribution in [0.5, 0.6) is 0 Å². The molecule has 0 aliphatic carbocycles. The van der Waals surface area contributed by atoms with Crippen molar-refractivity contribution in [2.75, 3.05) is 0 Å². The van der Waals surface area contributed by atoms with Crippen LogP contribution in [0.25, 0.3) is 0 Å². The average molecular weight is 316 g/mol. The first-order chi connectivity index (χ1) is 11.2. The maximum atomic E-state index is 9.84. The summed E-state index contributed by atoms with van der Waals surface area (Å²) in [5.74, 6) is -1.66. The van der Waals surface area contributed by atoms with E-state index in [1.54, 1.807) is 12.1 Å². The third kappa shape index (κ3) is 10.7. The van der Waals surface area contributed by atoms with Gasteiger partial charge in [-0.1, -0.05) is 107 Å².